The predicted octanol–water partition coefficient (Wildman–Crippen LogP) is 2.85. The second-order valence-electron chi connectivity index (χ2n) is 6.17. The van der Waals surface area contributed by atoms with E-state index in [2.05, 4.69) is 0 Å². The molecule has 6 nitrogen and oxygen atoms in total. The molecule has 1 aromatic carbocycles. The number of sulfonamides is 1. The second kappa shape index (κ2) is 6.57. The molecule has 1 fully saturated rings. The van der Waals surface area contributed by atoms with Gasteiger partial charge < -0.3 is 9.67 Å². The fourth-order valence-electron chi connectivity index (χ4n) is 3.32. The Morgan fingerprint density at radius 3 is 2.54 bits per heavy atom. The third kappa shape index (κ3) is 2.93. The third-order valence-corrected chi connectivity index (χ3v) is 6.55. The molecule has 0 spiro atoms. The van der Waals surface area contributed by atoms with Crippen molar-refractivity contribution >= 4 is 26.9 Å². The number of hydrogen-bond donors (Lipinski definition) is 1. The van der Waals surface area contributed by atoms with E-state index in [1.165, 1.54) is 0 Å². The molecule has 1 N–H and O–H groups in total. The number of piperidine rings is 1. The summed E-state index contributed by atoms with van der Waals surface area (Å²) < 4.78 is 28.8. The van der Waals surface area contributed by atoms with Crippen molar-refractivity contribution in [2.45, 2.75) is 43.5 Å². The lowest BCUT2D eigenvalue weighted by Crippen LogP contribution is -2.35. The monoisotopic (exact) mass is 350 g/mol. The molecular formula is C17H22N2O4S. The van der Waals surface area contributed by atoms with Crippen LogP contribution in [0, 0.1) is 0 Å². The quantitative estimate of drug-likeness (QED) is 0.899. The van der Waals surface area contributed by atoms with Gasteiger partial charge in [-0.15, -0.1) is 0 Å². The minimum atomic E-state index is -3.48. The molecule has 0 unspecified atom stereocenters. The van der Waals surface area contributed by atoms with E-state index in [-0.39, 0.29) is 4.90 Å². The van der Waals surface area contributed by atoms with Gasteiger partial charge in [-0.05, 0) is 43.5 Å². The minimum absolute atomic E-state index is 0.276. The number of benzene rings is 1. The molecule has 0 amide bonds. The lowest BCUT2D eigenvalue weighted by Gasteiger charge is -2.26. The van der Waals surface area contributed by atoms with Gasteiger partial charge in [-0.3, -0.25) is 0 Å². The van der Waals surface area contributed by atoms with Crippen LogP contribution in [0.1, 0.15) is 38.6 Å². The Morgan fingerprint density at radius 2 is 1.92 bits per heavy atom. The average molecular weight is 350 g/mol. The van der Waals surface area contributed by atoms with Crippen molar-refractivity contribution in [2.24, 2.45) is 0 Å². The third-order valence-electron chi connectivity index (χ3n) is 4.65. The predicted molar refractivity (Wildman–Crippen MR) is 91.5 cm³/mol. The molecule has 1 aromatic heterocycles. The van der Waals surface area contributed by atoms with Crippen molar-refractivity contribution in [3.63, 3.8) is 0 Å². The zero-order chi connectivity index (χ0) is 17.3. The Kier molecular flexibility index (Phi) is 4.64. The van der Waals surface area contributed by atoms with Crippen LogP contribution in [-0.2, 0) is 14.8 Å². The standard InChI is InChI=1S/C17H22N2O4S/c1-2-15(17(20)21)19-11-8-13-12-14(6-7-16(13)19)24(22,23)18-9-4-3-5-10-18/h6-8,11-12,15H,2-5,9-10H2,1H3,(H,20,21)/t15-/m1/s1. The molecule has 24 heavy (non-hydrogen) atoms. The molecule has 3 rings (SSSR count). The van der Waals surface area contributed by atoms with Gasteiger partial charge in [0.2, 0.25) is 10.0 Å². The number of aromatic nitrogens is 1. The fourth-order valence-corrected chi connectivity index (χ4v) is 4.87. The van der Waals surface area contributed by atoms with Gasteiger partial charge in [0.05, 0.1) is 4.90 Å². The average Bonchev–Trinajstić information content (AvgIpc) is 2.99. The highest BCUT2D eigenvalue weighted by Crippen LogP contribution is 2.27. The van der Waals surface area contributed by atoms with Crippen molar-refractivity contribution in [3.8, 4) is 0 Å². The number of hydrogen-bond acceptors (Lipinski definition) is 3. The molecular weight excluding hydrogens is 328 g/mol. The number of carbonyl (C=O) groups is 1. The summed E-state index contributed by atoms with van der Waals surface area (Å²) in [5, 5.41) is 10.1. The molecule has 2 aromatic rings. The van der Waals surface area contributed by atoms with Crippen molar-refractivity contribution < 1.29 is 18.3 Å². The number of nitrogens with zero attached hydrogens (tertiary/aromatic N) is 2. The molecule has 130 valence electrons. The largest absolute Gasteiger partial charge is 0.480 e. The van der Waals surface area contributed by atoms with Gasteiger partial charge in [0.25, 0.3) is 0 Å². The smallest absolute Gasteiger partial charge is 0.326 e. The van der Waals surface area contributed by atoms with Gasteiger partial charge >= 0.3 is 5.97 Å². The summed E-state index contributed by atoms with van der Waals surface area (Å²) in [6.07, 6.45) is 5.04. The van der Waals surface area contributed by atoms with E-state index in [1.54, 1.807) is 39.3 Å². The zero-order valence-electron chi connectivity index (χ0n) is 13.7. The van der Waals surface area contributed by atoms with Gasteiger partial charge in [0, 0.05) is 30.2 Å². The summed E-state index contributed by atoms with van der Waals surface area (Å²) in [6, 6.07) is 6.06. The summed E-state index contributed by atoms with van der Waals surface area (Å²) >= 11 is 0. The van der Waals surface area contributed by atoms with Crippen LogP contribution in [0.15, 0.2) is 35.4 Å². The lowest BCUT2D eigenvalue weighted by atomic mass is 10.2. The molecule has 0 bridgehead atoms. The van der Waals surface area contributed by atoms with Crippen molar-refractivity contribution in [2.75, 3.05) is 13.1 Å². The Bertz CT molecular complexity index is 851. The summed E-state index contributed by atoms with van der Waals surface area (Å²) in [5.74, 6) is -0.889. The fraction of sp³-hybridized carbons (Fsp3) is 0.471. The highest BCUT2D eigenvalue weighted by molar-refractivity contribution is 7.89. The van der Waals surface area contributed by atoms with Gasteiger partial charge in [-0.1, -0.05) is 13.3 Å². The first kappa shape index (κ1) is 17.0. The van der Waals surface area contributed by atoms with Crippen LogP contribution in [0.25, 0.3) is 10.9 Å². The maximum atomic E-state index is 12.8. The van der Waals surface area contributed by atoms with Crippen molar-refractivity contribution in [1.82, 2.24) is 8.87 Å². The second-order valence-corrected chi connectivity index (χ2v) is 8.11. The number of aliphatic carboxylic acids is 1. The summed E-state index contributed by atoms with van der Waals surface area (Å²) in [5.41, 5.74) is 0.738. The van der Waals surface area contributed by atoms with Crippen LogP contribution in [0.5, 0.6) is 0 Å². The first-order valence-electron chi connectivity index (χ1n) is 8.28. The maximum absolute atomic E-state index is 12.8. The van der Waals surface area contributed by atoms with Gasteiger partial charge in [0.1, 0.15) is 6.04 Å². The Balaban J connectivity index is 1.99. The number of fused-ring (bicyclic) bond motifs is 1. The van der Waals surface area contributed by atoms with E-state index < -0.39 is 22.0 Å². The van der Waals surface area contributed by atoms with Crippen LogP contribution in [0.4, 0.5) is 0 Å². The molecule has 0 saturated carbocycles. The summed E-state index contributed by atoms with van der Waals surface area (Å²) in [4.78, 5) is 11.7. The normalized spacial score (nSPS) is 17.9. The molecule has 0 radical (unpaired) electrons. The SMILES string of the molecule is CC[C@H](C(=O)O)n1ccc2cc(S(=O)(=O)N3CCCCC3)ccc21. The Morgan fingerprint density at radius 1 is 1.21 bits per heavy atom. The van der Waals surface area contributed by atoms with Gasteiger partial charge in [-0.2, -0.15) is 4.31 Å². The molecule has 1 aliphatic heterocycles. The summed E-state index contributed by atoms with van der Waals surface area (Å²) in [7, 11) is -3.48. The number of carboxylic acid groups (broad SMARTS) is 1. The van der Waals surface area contributed by atoms with Crippen LogP contribution < -0.4 is 0 Å². The molecule has 2 heterocycles. The Labute approximate surface area is 141 Å². The van der Waals surface area contributed by atoms with Crippen LogP contribution in [0.2, 0.25) is 0 Å². The van der Waals surface area contributed by atoms with Crippen LogP contribution in [-0.4, -0.2) is 41.5 Å². The summed E-state index contributed by atoms with van der Waals surface area (Å²) in [6.45, 7) is 2.95. The highest BCUT2D eigenvalue weighted by atomic mass is 32.2. The molecule has 1 saturated heterocycles. The number of carboxylic acids is 1. The molecule has 1 atom stereocenters. The van der Waals surface area contributed by atoms with Crippen LogP contribution >= 0.6 is 0 Å². The first-order valence-corrected chi connectivity index (χ1v) is 9.72. The Hall–Kier alpha value is -1.86. The van der Waals surface area contributed by atoms with Crippen LogP contribution in [0.3, 0.4) is 0 Å². The lowest BCUT2D eigenvalue weighted by molar-refractivity contribution is -0.140. The van der Waals surface area contributed by atoms with E-state index in [0.717, 1.165) is 30.2 Å². The number of rotatable bonds is 5. The molecule has 7 heteroatoms. The maximum Gasteiger partial charge on any atom is 0.326 e. The van der Waals surface area contributed by atoms with Gasteiger partial charge in [-0.25, -0.2) is 13.2 Å². The molecule has 1 aliphatic rings. The highest BCUT2D eigenvalue weighted by Gasteiger charge is 2.26. The van der Waals surface area contributed by atoms with E-state index in [4.69, 9.17) is 0 Å². The van der Waals surface area contributed by atoms with E-state index in [0.29, 0.717) is 19.5 Å². The zero-order valence-corrected chi connectivity index (χ0v) is 14.5. The van der Waals surface area contributed by atoms with E-state index >= 15 is 0 Å². The molecule has 0 aliphatic carbocycles. The van der Waals surface area contributed by atoms with Crippen molar-refractivity contribution in [1.29, 1.82) is 0 Å². The van der Waals surface area contributed by atoms with Gasteiger partial charge in [0.15, 0.2) is 0 Å². The van der Waals surface area contributed by atoms with Crippen molar-refractivity contribution in [3.05, 3.63) is 30.5 Å². The topological polar surface area (TPSA) is 79.6 Å². The van der Waals surface area contributed by atoms with E-state index in [9.17, 15) is 18.3 Å². The van der Waals surface area contributed by atoms with E-state index in [1.807, 2.05) is 6.92 Å². The first-order chi connectivity index (χ1) is 11.4. The minimum Gasteiger partial charge on any atom is -0.480 e.